The van der Waals surface area contributed by atoms with Crippen LogP contribution in [-0.4, -0.2) is 9.55 Å². The van der Waals surface area contributed by atoms with Gasteiger partial charge < -0.3 is 9.47 Å². The van der Waals surface area contributed by atoms with Crippen molar-refractivity contribution in [3.8, 4) is 16.8 Å². The number of pyridine rings is 1. The molecule has 0 amide bonds. The smallest absolute Gasteiger partial charge is 0.147 e. The summed E-state index contributed by atoms with van der Waals surface area (Å²) in [5.74, 6) is -0.260. The lowest BCUT2D eigenvalue weighted by Crippen LogP contribution is -2.12. The first-order valence-electron chi connectivity index (χ1n) is 16.9. The van der Waals surface area contributed by atoms with Gasteiger partial charge >= 0.3 is 0 Å². The van der Waals surface area contributed by atoms with Gasteiger partial charge in [-0.2, -0.15) is 0 Å². The van der Waals surface area contributed by atoms with Crippen LogP contribution in [0.2, 0.25) is 0 Å². The molecule has 0 bridgehead atoms. The number of nitrogens with zero attached hydrogens (tertiary/aromatic N) is 3. The van der Waals surface area contributed by atoms with Gasteiger partial charge in [-0.15, -0.1) is 0 Å². The minimum Gasteiger partial charge on any atom is -0.308 e. The number of rotatable bonds is 5. The van der Waals surface area contributed by atoms with Crippen LogP contribution in [-0.2, 0) is 0 Å². The summed E-state index contributed by atoms with van der Waals surface area (Å²) in [6, 6.07) is 52.2. The molecular weight excluding hydrogens is 614 g/mol. The maximum Gasteiger partial charge on any atom is 0.147 e. The topological polar surface area (TPSA) is 21.1 Å². The molecule has 0 spiro atoms. The fourth-order valence-corrected chi connectivity index (χ4v) is 7.98. The van der Waals surface area contributed by atoms with Crippen LogP contribution in [0.4, 0.5) is 21.5 Å². The highest BCUT2D eigenvalue weighted by Crippen LogP contribution is 2.45. The lowest BCUT2D eigenvalue weighted by atomic mass is 9.88. The molecule has 236 valence electrons. The summed E-state index contributed by atoms with van der Waals surface area (Å²) in [4.78, 5) is 6.53. The maximum absolute atomic E-state index is 15.3. The first-order chi connectivity index (χ1) is 24.7. The van der Waals surface area contributed by atoms with Gasteiger partial charge in [-0.05, 0) is 111 Å². The Morgan fingerprint density at radius 2 is 1.26 bits per heavy atom. The highest BCUT2D eigenvalue weighted by Gasteiger charge is 2.21. The second-order valence-electron chi connectivity index (χ2n) is 13.0. The molecule has 0 radical (unpaired) electrons. The highest BCUT2D eigenvalue weighted by molar-refractivity contribution is 6.34. The van der Waals surface area contributed by atoms with Crippen molar-refractivity contribution >= 4 is 71.2 Å². The summed E-state index contributed by atoms with van der Waals surface area (Å²) in [5.41, 5.74) is 9.12. The zero-order valence-electron chi connectivity index (χ0n) is 27.3. The lowest BCUT2D eigenvalue weighted by Gasteiger charge is -2.27. The quantitative estimate of drug-likeness (QED) is 0.174. The van der Waals surface area contributed by atoms with Crippen molar-refractivity contribution in [3.05, 3.63) is 175 Å². The number of anilines is 3. The number of fused-ring (bicyclic) bond motifs is 4. The van der Waals surface area contributed by atoms with Crippen LogP contribution >= 0.6 is 0 Å². The van der Waals surface area contributed by atoms with Gasteiger partial charge in [0.1, 0.15) is 5.82 Å². The van der Waals surface area contributed by atoms with Crippen molar-refractivity contribution < 1.29 is 4.39 Å². The van der Waals surface area contributed by atoms with Crippen molar-refractivity contribution in [1.82, 2.24) is 9.55 Å². The van der Waals surface area contributed by atoms with Crippen LogP contribution < -0.4 is 4.90 Å². The second-order valence-corrected chi connectivity index (χ2v) is 13.0. The Labute approximate surface area is 288 Å². The SMILES string of the molecule is Cc1ccccc1N(c1ccc(-c2ccc3ccc4c5c(ccc2c35)cc2c4c3ccncc3n2-c2ccccc2)cc1)c1ccccc1F. The number of hydrogen-bond acceptors (Lipinski definition) is 2. The Morgan fingerprint density at radius 1 is 0.560 bits per heavy atom. The van der Waals surface area contributed by atoms with Gasteiger partial charge in [0.15, 0.2) is 0 Å². The van der Waals surface area contributed by atoms with E-state index in [1.807, 2.05) is 47.6 Å². The Kier molecular flexibility index (Phi) is 6.27. The summed E-state index contributed by atoms with van der Waals surface area (Å²) >= 11 is 0. The van der Waals surface area contributed by atoms with Gasteiger partial charge in [0.05, 0.1) is 22.9 Å². The highest BCUT2D eigenvalue weighted by atomic mass is 19.1. The van der Waals surface area contributed by atoms with E-state index in [1.54, 1.807) is 6.07 Å². The molecule has 50 heavy (non-hydrogen) atoms. The minimum atomic E-state index is -0.260. The van der Waals surface area contributed by atoms with Gasteiger partial charge in [0.2, 0.25) is 0 Å². The lowest BCUT2D eigenvalue weighted by molar-refractivity contribution is 0.629. The molecule has 8 aromatic carbocycles. The van der Waals surface area contributed by atoms with Crippen LogP contribution in [0.1, 0.15) is 5.56 Å². The van der Waals surface area contributed by atoms with Crippen LogP contribution in [0.3, 0.4) is 0 Å². The van der Waals surface area contributed by atoms with Crippen LogP contribution in [0.5, 0.6) is 0 Å². The predicted octanol–water partition coefficient (Wildman–Crippen LogP) is 12.7. The second kappa shape index (κ2) is 11.0. The van der Waals surface area contributed by atoms with Crippen LogP contribution in [0.15, 0.2) is 164 Å². The van der Waals surface area contributed by atoms with Crippen LogP contribution in [0.25, 0.3) is 70.9 Å². The molecule has 0 aliphatic rings. The number of aryl methyl sites for hydroxylation is 1. The summed E-state index contributed by atoms with van der Waals surface area (Å²) in [5, 5.41) is 9.87. The number of halogens is 1. The fourth-order valence-electron chi connectivity index (χ4n) is 7.98. The summed E-state index contributed by atoms with van der Waals surface area (Å²) < 4.78 is 17.6. The summed E-state index contributed by atoms with van der Waals surface area (Å²) in [6.45, 7) is 2.06. The van der Waals surface area contributed by atoms with E-state index in [2.05, 4.69) is 126 Å². The summed E-state index contributed by atoms with van der Waals surface area (Å²) in [7, 11) is 0. The molecule has 4 heteroatoms. The molecule has 0 N–H and O–H groups in total. The Bertz CT molecular complexity index is 2840. The van der Waals surface area contributed by atoms with E-state index in [0.29, 0.717) is 5.69 Å². The average Bonchev–Trinajstić information content (AvgIpc) is 3.50. The molecule has 0 saturated carbocycles. The van der Waals surface area contributed by atoms with Crippen molar-refractivity contribution in [2.24, 2.45) is 0 Å². The molecule has 0 unspecified atom stereocenters. The van der Waals surface area contributed by atoms with Gasteiger partial charge in [0.25, 0.3) is 0 Å². The molecule has 2 aromatic heterocycles. The van der Waals surface area contributed by atoms with Gasteiger partial charge in [-0.3, -0.25) is 4.98 Å². The van der Waals surface area contributed by atoms with Crippen molar-refractivity contribution in [3.63, 3.8) is 0 Å². The Hall–Kier alpha value is -6.52. The average molecular weight is 644 g/mol. The largest absolute Gasteiger partial charge is 0.308 e. The molecule has 0 aliphatic heterocycles. The van der Waals surface area contributed by atoms with Crippen molar-refractivity contribution in [2.45, 2.75) is 6.92 Å². The third-order valence-electron chi connectivity index (χ3n) is 10.2. The van der Waals surface area contributed by atoms with Crippen LogP contribution in [0, 0.1) is 12.7 Å². The van der Waals surface area contributed by atoms with Gasteiger partial charge in [0, 0.05) is 34.0 Å². The van der Waals surface area contributed by atoms with Gasteiger partial charge in [-0.1, -0.05) is 97.1 Å². The zero-order valence-corrected chi connectivity index (χ0v) is 27.3. The van der Waals surface area contributed by atoms with Crippen molar-refractivity contribution in [1.29, 1.82) is 0 Å². The van der Waals surface area contributed by atoms with Gasteiger partial charge in [-0.25, -0.2) is 4.39 Å². The van der Waals surface area contributed by atoms with E-state index < -0.39 is 0 Å². The predicted molar refractivity (Wildman–Crippen MR) is 207 cm³/mol. The Balaban J connectivity index is 1.17. The number of benzene rings is 8. The first-order valence-corrected chi connectivity index (χ1v) is 16.9. The molecule has 0 atom stereocenters. The fraction of sp³-hybridized carbons (Fsp3) is 0.0217. The molecule has 2 heterocycles. The number of para-hydroxylation sites is 3. The van der Waals surface area contributed by atoms with E-state index in [4.69, 9.17) is 0 Å². The maximum atomic E-state index is 15.3. The molecule has 0 fully saturated rings. The van der Waals surface area contributed by atoms with E-state index >= 15 is 4.39 Å². The normalized spacial score (nSPS) is 11.8. The minimum absolute atomic E-state index is 0.260. The molecule has 0 aliphatic carbocycles. The molecule has 10 aromatic rings. The Morgan fingerprint density at radius 3 is 2.08 bits per heavy atom. The molecule has 3 nitrogen and oxygen atoms in total. The number of aromatic nitrogens is 2. The third-order valence-corrected chi connectivity index (χ3v) is 10.2. The van der Waals surface area contributed by atoms with E-state index in [0.717, 1.165) is 33.7 Å². The summed E-state index contributed by atoms with van der Waals surface area (Å²) in [6.07, 6.45) is 3.87. The van der Waals surface area contributed by atoms with Crippen molar-refractivity contribution in [2.75, 3.05) is 4.90 Å². The van der Waals surface area contributed by atoms with E-state index in [-0.39, 0.29) is 5.82 Å². The molecular formula is C46H30FN3. The number of hydrogen-bond donors (Lipinski definition) is 0. The first kappa shape index (κ1) is 28.5. The third kappa shape index (κ3) is 4.18. The zero-order chi connectivity index (χ0) is 33.3. The monoisotopic (exact) mass is 643 g/mol. The standard InChI is InChI=1S/C46H30FN3/c1-29-9-5-7-13-40(29)49(41-14-8-6-12-39(41)47)34-20-15-30(16-21-34)35-22-17-31-18-24-38-45-32(19-23-36(35)44(31)45)27-42-46(38)37-25-26-48-28-43(37)50(42)33-10-3-2-4-11-33/h2-28H,1H3. The van der Waals surface area contributed by atoms with E-state index in [1.165, 1.54) is 60.2 Å². The molecule has 10 rings (SSSR count). The molecule has 0 saturated heterocycles. The van der Waals surface area contributed by atoms with E-state index in [9.17, 15) is 0 Å².